The molecule has 4 rings (SSSR count). The van der Waals surface area contributed by atoms with Gasteiger partial charge in [0.05, 0.1) is 22.7 Å². The van der Waals surface area contributed by atoms with Crippen molar-refractivity contribution in [2.24, 2.45) is 5.92 Å². The van der Waals surface area contributed by atoms with Crippen LogP contribution in [-0.2, 0) is 13.0 Å². The van der Waals surface area contributed by atoms with Gasteiger partial charge in [0.1, 0.15) is 11.6 Å². The maximum Gasteiger partial charge on any atom is 0.137 e. The number of halogens is 1. The molecule has 0 bridgehead atoms. The van der Waals surface area contributed by atoms with Crippen LogP contribution in [-0.4, -0.2) is 16.2 Å². The van der Waals surface area contributed by atoms with Crippen LogP contribution in [0, 0.1) is 5.92 Å². The van der Waals surface area contributed by atoms with Crippen molar-refractivity contribution in [1.82, 2.24) is 9.55 Å². The van der Waals surface area contributed by atoms with E-state index in [-0.39, 0.29) is 5.92 Å². The Bertz CT molecular complexity index is 1160. The zero-order valence-electron chi connectivity index (χ0n) is 19.1. The molecule has 0 fully saturated rings. The van der Waals surface area contributed by atoms with E-state index in [1.807, 2.05) is 24.3 Å². The quantitative estimate of drug-likeness (QED) is 0.249. The number of nitrogens with zero attached hydrogens (tertiary/aromatic N) is 2. The number of hydrogen-bond acceptors (Lipinski definition) is 2. The van der Waals surface area contributed by atoms with Gasteiger partial charge in [-0.05, 0) is 54.2 Å². The molecule has 1 unspecified atom stereocenters. The third-order valence-electron chi connectivity index (χ3n) is 5.82. The number of aryl methyl sites for hydroxylation is 1. The summed E-state index contributed by atoms with van der Waals surface area (Å²) in [6, 6.07) is 25.0. The molecule has 0 N–H and O–H groups in total. The lowest BCUT2D eigenvalue weighted by Crippen LogP contribution is -2.11. The molecule has 0 saturated carbocycles. The van der Waals surface area contributed by atoms with Crippen LogP contribution >= 0.6 is 11.6 Å². The fraction of sp³-hybridized carbons (Fsp3) is 0.321. The number of fused-ring (bicyclic) bond motifs is 1. The summed E-state index contributed by atoms with van der Waals surface area (Å²) in [5.41, 5.74) is 4.89. The molecule has 3 nitrogen and oxygen atoms in total. The molecule has 0 amide bonds. The van der Waals surface area contributed by atoms with Gasteiger partial charge in [-0.15, -0.1) is 0 Å². The van der Waals surface area contributed by atoms with Gasteiger partial charge in [-0.25, -0.2) is 4.98 Å². The highest BCUT2D eigenvalue weighted by Crippen LogP contribution is 2.28. The molecule has 0 aliphatic carbocycles. The summed E-state index contributed by atoms with van der Waals surface area (Å²) in [6.07, 6.45) is 1.98. The largest absolute Gasteiger partial charge is 0.492 e. The summed E-state index contributed by atoms with van der Waals surface area (Å²) < 4.78 is 8.26. The zero-order chi connectivity index (χ0) is 22.5. The van der Waals surface area contributed by atoms with Gasteiger partial charge in [0.25, 0.3) is 0 Å². The van der Waals surface area contributed by atoms with Crippen molar-refractivity contribution in [2.45, 2.75) is 46.1 Å². The van der Waals surface area contributed by atoms with Gasteiger partial charge in [0, 0.05) is 12.5 Å². The van der Waals surface area contributed by atoms with Crippen molar-refractivity contribution < 1.29 is 4.74 Å². The first-order valence-electron chi connectivity index (χ1n) is 11.4. The Morgan fingerprint density at radius 1 is 0.906 bits per heavy atom. The highest BCUT2D eigenvalue weighted by atomic mass is 35.5. The van der Waals surface area contributed by atoms with E-state index in [9.17, 15) is 0 Å². The smallest absolute Gasteiger partial charge is 0.137 e. The number of rotatable bonds is 9. The van der Waals surface area contributed by atoms with E-state index in [0.29, 0.717) is 17.5 Å². The molecular formula is C28H31ClN2O. The summed E-state index contributed by atoms with van der Waals surface area (Å²) in [4.78, 5) is 5.01. The van der Waals surface area contributed by atoms with Crippen LogP contribution in [0.5, 0.6) is 5.75 Å². The van der Waals surface area contributed by atoms with Crippen LogP contribution in [0.3, 0.4) is 0 Å². The minimum absolute atomic E-state index is 0.208. The van der Waals surface area contributed by atoms with Crippen molar-refractivity contribution in [2.75, 3.05) is 6.61 Å². The lowest BCUT2D eigenvalue weighted by Gasteiger charge is -2.16. The second-order valence-corrected chi connectivity index (χ2v) is 9.21. The molecule has 4 heteroatoms. The third kappa shape index (κ3) is 5.16. The number of hydrogen-bond donors (Lipinski definition) is 0. The van der Waals surface area contributed by atoms with E-state index in [4.69, 9.17) is 21.3 Å². The van der Waals surface area contributed by atoms with E-state index >= 15 is 0 Å². The monoisotopic (exact) mass is 446 g/mol. The number of aromatic nitrogens is 2. The fourth-order valence-electron chi connectivity index (χ4n) is 4.19. The van der Waals surface area contributed by atoms with Gasteiger partial charge in [-0.1, -0.05) is 80.9 Å². The molecule has 1 atom stereocenters. The van der Waals surface area contributed by atoms with Gasteiger partial charge in [0.2, 0.25) is 0 Å². The van der Waals surface area contributed by atoms with Crippen molar-refractivity contribution in [3.8, 4) is 5.75 Å². The lowest BCUT2D eigenvalue weighted by molar-refractivity contribution is 0.302. The first kappa shape index (κ1) is 22.4. The lowest BCUT2D eigenvalue weighted by atomic mass is 9.96. The Balaban J connectivity index is 1.52. The molecule has 0 aliphatic rings. The maximum atomic E-state index is 6.21. The molecular weight excluding hydrogens is 416 g/mol. The van der Waals surface area contributed by atoms with Crippen LogP contribution in [0.4, 0.5) is 0 Å². The topological polar surface area (TPSA) is 27.1 Å². The summed E-state index contributed by atoms with van der Waals surface area (Å²) >= 11 is 6.21. The Morgan fingerprint density at radius 2 is 1.62 bits per heavy atom. The molecule has 32 heavy (non-hydrogen) atoms. The zero-order valence-corrected chi connectivity index (χ0v) is 19.8. The van der Waals surface area contributed by atoms with Crippen LogP contribution in [0.25, 0.3) is 11.0 Å². The summed E-state index contributed by atoms with van der Waals surface area (Å²) in [5, 5.41) is 0.649. The maximum absolute atomic E-state index is 6.21. The summed E-state index contributed by atoms with van der Waals surface area (Å²) in [5.74, 6) is 2.70. The first-order chi connectivity index (χ1) is 15.5. The van der Waals surface area contributed by atoms with Gasteiger partial charge in [-0.2, -0.15) is 0 Å². The normalized spacial score (nSPS) is 12.4. The minimum Gasteiger partial charge on any atom is -0.492 e. The Labute approximate surface area is 196 Å². The summed E-state index contributed by atoms with van der Waals surface area (Å²) in [7, 11) is 0. The molecule has 3 aromatic carbocycles. The second-order valence-electron chi connectivity index (χ2n) is 8.80. The van der Waals surface area contributed by atoms with E-state index in [1.54, 1.807) is 0 Å². The molecule has 0 spiro atoms. The van der Waals surface area contributed by atoms with Crippen LogP contribution in [0.1, 0.15) is 50.1 Å². The minimum atomic E-state index is 0.208. The molecule has 1 heterocycles. The van der Waals surface area contributed by atoms with Gasteiger partial charge < -0.3 is 9.30 Å². The van der Waals surface area contributed by atoms with E-state index in [1.165, 1.54) is 16.6 Å². The standard InChI is InChI=1S/C28H31ClN2O/c1-20(2)19-22-13-15-23(16-14-22)21(3)28-30-25-10-5-6-11-26(25)31(28)17-8-18-32-27-12-7-4-9-24(27)29/h4-7,9-16,20-21H,8,17-19H2,1-3H3. The van der Waals surface area contributed by atoms with Crippen LogP contribution in [0.2, 0.25) is 5.02 Å². The molecule has 0 aliphatic heterocycles. The fourth-order valence-corrected chi connectivity index (χ4v) is 4.38. The molecule has 166 valence electrons. The number of imidazole rings is 1. The van der Waals surface area contributed by atoms with Crippen molar-refractivity contribution in [1.29, 1.82) is 0 Å². The van der Waals surface area contributed by atoms with Crippen LogP contribution in [0.15, 0.2) is 72.8 Å². The third-order valence-corrected chi connectivity index (χ3v) is 6.13. The predicted molar refractivity (Wildman–Crippen MR) is 134 cm³/mol. The number of para-hydroxylation sites is 3. The van der Waals surface area contributed by atoms with Crippen molar-refractivity contribution in [3.63, 3.8) is 0 Å². The predicted octanol–water partition coefficient (Wildman–Crippen LogP) is 7.51. The highest BCUT2D eigenvalue weighted by molar-refractivity contribution is 6.32. The second kappa shape index (κ2) is 10.2. The molecule has 0 radical (unpaired) electrons. The number of benzene rings is 3. The van der Waals surface area contributed by atoms with Crippen LogP contribution < -0.4 is 4.74 Å². The Morgan fingerprint density at radius 3 is 2.38 bits per heavy atom. The SMILES string of the molecule is CC(C)Cc1ccc(C(C)c2nc3ccccc3n2CCCOc2ccccc2Cl)cc1. The van der Waals surface area contributed by atoms with E-state index in [0.717, 1.165) is 36.5 Å². The van der Waals surface area contributed by atoms with E-state index in [2.05, 4.69) is 73.9 Å². The average Bonchev–Trinajstić information content (AvgIpc) is 3.16. The Kier molecular flexibility index (Phi) is 7.16. The van der Waals surface area contributed by atoms with Gasteiger partial charge >= 0.3 is 0 Å². The highest BCUT2D eigenvalue weighted by Gasteiger charge is 2.18. The molecule has 4 aromatic rings. The van der Waals surface area contributed by atoms with E-state index < -0.39 is 0 Å². The number of ether oxygens (including phenoxy) is 1. The Hall–Kier alpha value is -2.78. The molecule has 0 saturated heterocycles. The molecule has 1 aromatic heterocycles. The summed E-state index contributed by atoms with van der Waals surface area (Å²) in [6.45, 7) is 8.21. The van der Waals surface area contributed by atoms with Crippen molar-refractivity contribution >= 4 is 22.6 Å². The first-order valence-corrected chi connectivity index (χ1v) is 11.8. The van der Waals surface area contributed by atoms with Gasteiger partial charge in [-0.3, -0.25) is 0 Å². The van der Waals surface area contributed by atoms with Crippen molar-refractivity contribution in [3.05, 3.63) is 94.8 Å². The van der Waals surface area contributed by atoms with Gasteiger partial charge in [0.15, 0.2) is 0 Å². The average molecular weight is 447 g/mol.